The number of ketones is 2. The van der Waals surface area contributed by atoms with Gasteiger partial charge in [-0.05, 0) is 55.5 Å². The number of carbonyl (C=O) groups excluding carboxylic acids is 4. The molecule has 13 heteroatoms. The normalized spacial score (nSPS) is 15.8. The van der Waals surface area contributed by atoms with E-state index in [1.165, 1.54) is 4.57 Å². The Bertz CT molecular complexity index is 2020. The molecule has 6 rings (SSSR count). The van der Waals surface area contributed by atoms with Crippen LogP contribution < -0.4 is 25.7 Å². The summed E-state index contributed by atoms with van der Waals surface area (Å²) in [6, 6.07) is 8.79. The molecule has 2 aromatic heterocycles. The Hall–Kier alpha value is -5.46. The Morgan fingerprint density at radius 2 is 1.76 bits per heavy atom. The van der Waals surface area contributed by atoms with Crippen LogP contribution >= 0.6 is 0 Å². The lowest BCUT2D eigenvalue weighted by Crippen LogP contribution is -2.44. The molecule has 0 bridgehead atoms. The molecule has 4 aromatic rings. The molecule has 0 saturated heterocycles. The van der Waals surface area contributed by atoms with E-state index in [1.807, 2.05) is 24.3 Å². The zero-order valence-corrected chi connectivity index (χ0v) is 28.8. The van der Waals surface area contributed by atoms with Gasteiger partial charge in [-0.3, -0.25) is 28.7 Å². The summed E-state index contributed by atoms with van der Waals surface area (Å²) in [7, 11) is 6.65. The van der Waals surface area contributed by atoms with E-state index in [4.69, 9.17) is 9.47 Å². The number of amides is 2. The molecule has 1 unspecified atom stereocenters. The van der Waals surface area contributed by atoms with Gasteiger partial charge in [0, 0.05) is 86.1 Å². The Balaban J connectivity index is 1.00. The van der Waals surface area contributed by atoms with E-state index in [2.05, 4.69) is 15.7 Å². The lowest BCUT2D eigenvalue weighted by Gasteiger charge is -2.29. The van der Waals surface area contributed by atoms with Gasteiger partial charge in [0.2, 0.25) is 5.91 Å². The van der Waals surface area contributed by atoms with Crippen LogP contribution in [0.5, 0.6) is 11.5 Å². The van der Waals surface area contributed by atoms with Crippen molar-refractivity contribution in [1.82, 2.24) is 24.6 Å². The third-order valence-electron chi connectivity index (χ3n) is 9.63. The van der Waals surface area contributed by atoms with Gasteiger partial charge in [-0.25, -0.2) is 0 Å². The van der Waals surface area contributed by atoms with Crippen LogP contribution in [0.2, 0.25) is 0 Å². The summed E-state index contributed by atoms with van der Waals surface area (Å²) in [6.07, 6.45) is 6.21. The second-order valence-corrected chi connectivity index (χ2v) is 12.8. The molecule has 1 aliphatic heterocycles. The molecule has 262 valence electrons. The highest BCUT2D eigenvalue weighted by atomic mass is 16.5. The summed E-state index contributed by atoms with van der Waals surface area (Å²) in [5.74, 6) is 0.784. The summed E-state index contributed by atoms with van der Waals surface area (Å²) in [5.41, 5.74) is 5.15. The van der Waals surface area contributed by atoms with E-state index in [0.717, 1.165) is 33.3 Å². The number of aromatic nitrogens is 3. The number of fused-ring (bicyclic) bond motifs is 2. The van der Waals surface area contributed by atoms with E-state index in [0.29, 0.717) is 80.7 Å². The smallest absolute Gasteiger partial charge is 0.276 e. The standard InChI is InChI=1S/C37H42N6O7/c1-41-20-27(26-19-40-42(2)35(26)37(41)48)22-16-32(49-3)25(33(17-22)50-4)9-6-11-34(46)39-15-7-14-38-29-10-5-8-24-28(29)21-43(36(24)47)30-13-12-23(44)18-31(30)45/h5,8,10,16-17,19-20,30,38H,6-7,9,11-15,18,21H2,1-4H3,(H,39,46). The predicted octanol–water partition coefficient (Wildman–Crippen LogP) is 3.54. The first-order chi connectivity index (χ1) is 24.1. The number of carbonyl (C=O) groups is 4. The topological polar surface area (TPSA) is 154 Å². The van der Waals surface area contributed by atoms with Crippen molar-refractivity contribution in [2.75, 3.05) is 32.6 Å². The molecule has 1 aliphatic carbocycles. The van der Waals surface area contributed by atoms with Gasteiger partial charge in [0.05, 0.1) is 32.9 Å². The summed E-state index contributed by atoms with van der Waals surface area (Å²) >= 11 is 0. The number of rotatable bonds is 13. The van der Waals surface area contributed by atoms with E-state index in [1.54, 1.807) is 56.4 Å². The van der Waals surface area contributed by atoms with Crippen molar-refractivity contribution in [3.8, 4) is 22.6 Å². The van der Waals surface area contributed by atoms with E-state index in [9.17, 15) is 24.0 Å². The fraction of sp³-hybridized carbons (Fsp3) is 0.405. The van der Waals surface area contributed by atoms with E-state index >= 15 is 0 Å². The summed E-state index contributed by atoms with van der Waals surface area (Å²) in [6.45, 7) is 1.41. The molecule has 13 nitrogen and oxygen atoms in total. The molecule has 1 fully saturated rings. The molecular formula is C37H42N6O7. The minimum Gasteiger partial charge on any atom is -0.496 e. The van der Waals surface area contributed by atoms with Gasteiger partial charge >= 0.3 is 0 Å². The summed E-state index contributed by atoms with van der Waals surface area (Å²) < 4.78 is 14.6. The number of nitrogens with zero attached hydrogens (tertiary/aromatic N) is 4. The van der Waals surface area contributed by atoms with Gasteiger partial charge in [0.1, 0.15) is 22.8 Å². The fourth-order valence-corrected chi connectivity index (χ4v) is 7.01. The molecule has 1 saturated carbocycles. The average molecular weight is 683 g/mol. The largest absolute Gasteiger partial charge is 0.496 e. The van der Waals surface area contributed by atoms with Gasteiger partial charge in [0.15, 0.2) is 5.78 Å². The molecule has 2 aromatic carbocycles. The molecule has 0 spiro atoms. The van der Waals surface area contributed by atoms with Crippen LogP contribution in [-0.2, 0) is 41.4 Å². The highest BCUT2D eigenvalue weighted by Gasteiger charge is 2.39. The number of methoxy groups -OCH3 is 2. The molecule has 50 heavy (non-hydrogen) atoms. The molecule has 2 amide bonds. The minimum atomic E-state index is -0.553. The molecule has 1 atom stereocenters. The third-order valence-corrected chi connectivity index (χ3v) is 9.63. The van der Waals surface area contributed by atoms with Crippen LogP contribution in [0.1, 0.15) is 60.0 Å². The van der Waals surface area contributed by atoms with Crippen LogP contribution in [0, 0.1) is 0 Å². The van der Waals surface area contributed by atoms with Gasteiger partial charge in [-0.15, -0.1) is 0 Å². The zero-order chi connectivity index (χ0) is 35.5. The second kappa shape index (κ2) is 14.6. The predicted molar refractivity (Wildman–Crippen MR) is 188 cm³/mol. The fourth-order valence-electron chi connectivity index (χ4n) is 7.01. The quantitative estimate of drug-likeness (QED) is 0.159. The Morgan fingerprint density at radius 3 is 2.48 bits per heavy atom. The van der Waals surface area contributed by atoms with Crippen molar-refractivity contribution in [2.24, 2.45) is 14.1 Å². The minimum absolute atomic E-state index is 0.0544. The second-order valence-electron chi connectivity index (χ2n) is 12.8. The first-order valence-corrected chi connectivity index (χ1v) is 16.9. The molecular weight excluding hydrogens is 640 g/mol. The number of Topliss-reactive ketones (excluding diaryl/α,β-unsaturated/α-hetero) is 2. The van der Waals surface area contributed by atoms with Crippen molar-refractivity contribution >= 4 is 40.0 Å². The van der Waals surface area contributed by atoms with E-state index < -0.39 is 6.04 Å². The number of aryl methyl sites for hydroxylation is 2. The monoisotopic (exact) mass is 682 g/mol. The molecule has 2 aliphatic rings. The number of nitrogens with one attached hydrogen (secondary N) is 2. The van der Waals surface area contributed by atoms with Crippen LogP contribution in [0.3, 0.4) is 0 Å². The number of anilines is 1. The lowest BCUT2D eigenvalue weighted by atomic mass is 9.92. The van der Waals surface area contributed by atoms with Crippen molar-refractivity contribution in [2.45, 2.75) is 57.5 Å². The third kappa shape index (κ3) is 6.72. The Kier molecular flexibility index (Phi) is 10.0. The number of hydrogen-bond donors (Lipinski definition) is 2. The number of hydrogen-bond acceptors (Lipinski definition) is 9. The van der Waals surface area contributed by atoms with Crippen LogP contribution in [0.25, 0.3) is 22.0 Å². The van der Waals surface area contributed by atoms with E-state index in [-0.39, 0.29) is 35.4 Å². The maximum atomic E-state index is 13.1. The zero-order valence-electron chi connectivity index (χ0n) is 28.8. The first-order valence-electron chi connectivity index (χ1n) is 16.9. The summed E-state index contributed by atoms with van der Waals surface area (Å²) in [5, 5.41) is 11.4. The van der Waals surface area contributed by atoms with Gasteiger partial charge in [-0.2, -0.15) is 5.10 Å². The van der Waals surface area contributed by atoms with Gasteiger partial charge < -0.3 is 29.6 Å². The Labute approximate surface area is 289 Å². The average Bonchev–Trinajstić information content (AvgIpc) is 3.66. The molecule has 0 radical (unpaired) electrons. The number of pyridine rings is 1. The molecule has 2 N–H and O–H groups in total. The maximum Gasteiger partial charge on any atom is 0.276 e. The van der Waals surface area contributed by atoms with Crippen molar-refractivity contribution < 1.29 is 28.7 Å². The Morgan fingerprint density at radius 1 is 1.00 bits per heavy atom. The van der Waals surface area contributed by atoms with Crippen molar-refractivity contribution in [1.29, 1.82) is 0 Å². The maximum absolute atomic E-state index is 13.1. The highest BCUT2D eigenvalue weighted by Crippen LogP contribution is 2.38. The summed E-state index contributed by atoms with van der Waals surface area (Å²) in [4.78, 5) is 64.3. The van der Waals surface area contributed by atoms with Crippen LogP contribution in [-0.4, -0.2) is 76.0 Å². The van der Waals surface area contributed by atoms with Crippen LogP contribution in [0.4, 0.5) is 5.69 Å². The molecule has 3 heterocycles. The van der Waals surface area contributed by atoms with Gasteiger partial charge in [0.25, 0.3) is 11.5 Å². The number of benzene rings is 2. The van der Waals surface area contributed by atoms with Crippen molar-refractivity contribution in [3.63, 3.8) is 0 Å². The SMILES string of the molecule is COc1cc(-c2cn(C)c(=O)c3c2cnn3C)cc(OC)c1CCCC(=O)NCCCNc1cccc2c1CN(C1CCC(=O)CC1=O)C2=O. The first kappa shape index (κ1) is 34.4. The number of ether oxygens (including phenoxy) is 2. The van der Waals surface area contributed by atoms with Crippen molar-refractivity contribution in [3.05, 3.63) is 69.8 Å². The van der Waals surface area contributed by atoms with Crippen LogP contribution in [0.15, 0.2) is 47.5 Å². The lowest BCUT2D eigenvalue weighted by molar-refractivity contribution is -0.133. The van der Waals surface area contributed by atoms with Gasteiger partial charge in [-0.1, -0.05) is 6.07 Å². The highest BCUT2D eigenvalue weighted by molar-refractivity contribution is 6.08.